The topological polar surface area (TPSA) is 66.9 Å². The predicted octanol–water partition coefficient (Wildman–Crippen LogP) is 2.62. The molecule has 0 spiro atoms. The van der Waals surface area contributed by atoms with Gasteiger partial charge < -0.3 is 9.64 Å². The Bertz CT molecular complexity index is 992. The van der Waals surface area contributed by atoms with Crippen molar-refractivity contribution in [2.24, 2.45) is 0 Å². The molecule has 2 atom stereocenters. The maximum Gasteiger partial charge on any atom is 0.258 e. The molecule has 0 saturated carbocycles. The quantitative estimate of drug-likeness (QED) is 0.828. The van der Waals surface area contributed by atoms with Crippen molar-refractivity contribution >= 4 is 32.4 Å². The van der Waals surface area contributed by atoms with Gasteiger partial charge in [0.25, 0.3) is 5.91 Å². The Labute approximate surface area is 153 Å². The van der Waals surface area contributed by atoms with Crippen LogP contribution in [-0.4, -0.2) is 50.5 Å². The maximum atomic E-state index is 13.3. The molecule has 1 fully saturated rings. The Balaban J connectivity index is 1.89. The smallest absolute Gasteiger partial charge is 0.258 e. The summed E-state index contributed by atoms with van der Waals surface area (Å²) in [6, 6.07) is 8.68. The first-order valence-corrected chi connectivity index (χ1v) is 10.3. The lowest BCUT2D eigenvalue weighted by molar-refractivity contribution is -0.0440. The van der Waals surface area contributed by atoms with E-state index in [9.17, 15) is 13.2 Å². The highest BCUT2D eigenvalue weighted by atomic mass is 32.2. The summed E-state index contributed by atoms with van der Waals surface area (Å²) < 4.78 is 33.8. The molecular formula is C19H22N2O4S. The van der Waals surface area contributed by atoms with Gasteiger partial charge in [0.15, 0.2) is 0 Å². The number of carbonyl (C=O) groups excluding carboxylic acids is 1. The second-order valence-electron chi connectivity index (χ2n) is 6.94. The molecule has 0 aromatic heterocycles. The van der Waals surface area contributed by atoms with E-state index < -0.39 is 10.0 Å². The fraction of sp³-hybridized carbons (Fsp3) is 0.421. The van der Waals surface area contributed by atoms with Crippen LogP contribution in [0.15, 0.2) is 35.2 Å². The van der Waals surface area contributed by atoms with Gasteiger partial charge in [0.2, 0.25) is 10.0 Å². The fourth-order valence-electron chi connectivity index (χ4n) is 4.02. The van der Waals surface area contributed by atoms with Gasteiger partial charge in [0, 0.05) is 36.0 Å². The Morgan fingerprint density at radius 1 is 1.12 bits per heavy atom. The molecule has 6 nitrogen and oxygen atoms in total. The van der Waals surface area contributed by atoms with Crippen LogP contribution in [0.2, 0.25) is 0 Å². The molecule has 0 N–H and O–H groups in total. The predicted molar refractivity (Wildman–Crippen MR) is 100 cm³/mol. The molecule has 2 heterocycles. The standard InChI is InChI=1S/C19H22N2O4S/c1-4-21-16-8-9-17(14-6-5-7-15(18(14)16)19(21)22)26(23,24)20-10-12(2)25-13(3)11-20/h5-9,12-13H,4,10-11H2,1-3H3/t12-,13-/m0/s1. The minimum Gasteiger partial charge on any atom is -0.373 e. The molecule has 0 radical (unpaired) electrons. The second-order valence-corrected chi connectivity index (χ2v) is 8.85. The lowest BCUT2D eigenvalue weighted by Gasteiger charge is -2.34. The zero-order valence-corrected chi connectivity index (χ0v) is 15.9. The Hall–Kier alpha value is -1.96. The number of hydrogen-bond donors (Lipinski definition) is 0. The minimum atomic E-state index is -3.68. The third kappa shape index (κ3) is 2.46. The van der Waals surface area contributed by atoms with Gasteiger partial charge in [-0.3, -0.25) is 4.79 Å². The van der Waals surface area contributed by atoms with E-state index >= 15 is 0 Å². The van der Waals surface area contributed by atoms with Crippen molar-refractivity contribution in [1.29, 1.82) is 0 Å². The van der Waals surface area contributed by atoms with Crippen molar-refractivity contribution < 1.29 is 17.9 Å². The number of morpholine rings is 1. The van der Waals surface area contributed by atoms with Crippen molar-refractivity contribution in [1.82, 2.24) is 4.31 Å². The van der Waals surface area contributed by atoms with Crippen molar-refractivity contribution in [2.45, 2.75) is 37.9 Å². The summed E-state index contributed by atoms with van der Waals surface area (Å²) in [6.07, 6.45) is -0.301. The van der Waals surface area contributed by atoms with Gasteiger partial charge in [-0.1, -0.05) is 12.1 Å². The van der Waals surface area contributed by atoms with E-state index in [1.54, 1.807) is 35.2 Å². The van der Waals surface area contributed by atoms with Gasteiger partial charge in [-0.25, -0.2) is 8.42 Å². The number of anilines is 1. The summed E-state index contributed by atoms with van der Waals surface area (Å²) in [7, 11) is -3.68. The van der Waals surface area contributed by atoms with Crippen LogP contribution in [0.5, 0.6) is 0 Å². The van der Waals surface area contributed by atoms with Gasteiger partial charge >= 0.3 is 0 Å². The van der Waals surface area contributed by atoms with Crippen LogP contribution >= 0.6 is 0 Å². The van der Waals surface area contributed by atoms with Crippen LogP contribution in [0.4, 0.5) is 5.69 Å². The van der Waals surface area contributed by atoms with E-state index in [1.165, 1.54) is 4.31 Å². The van der Waals surface area contributed by atoms with Gasteiger partial charge in [0.05, 0.1) is 22.8 Å². The van der Waals surface area contributed by atoms with Gasteiger partial charge in [-0.15, -0.1) is 0 Å². The average Bonchev–Trinajstić information content (AvgIpc) is 2.87. The molecule has 2 aliphatic rings. The largest absolute Gasteiger partial charge is 0.373 e. The molecule has 2 aromatic rings. The molecule has 2 aromatic carbocycles. The van der Waals surface area contributed by atoms with Gasteiger partial charge in [-0.2, -0.15) is 4.31 Å². The van der Waals surface area contributed by atoms with Crippen LogP contribution < -0.4 is 4.90 Å². The number of nitrogens with zero attached hydrogens (tertiary/aromatic N) is 2. The Morgan fingerprint density at radius 2 is 1.81 bits per heavy atom. The highest BCUT2D eigenvalue weighted by Gasteiger charge is 2.36. The molecule has 0 unspecified atom stereocenters. The van der Waals surface area contributed by atoms with E-state index in [2.05, 4.69) is 0 Å². The van der Waals surface area contributed by atoms with Crippen molar-refractivity contribution in [2.75, 3.05) is 24.5 Å². The maximum absolute atomic E-state index is 13.3. The molecule has 26 heavy (non-hydrogen) atoms. The van der Waals surface area contributed by atoms with Crippen LogP contribution in [-0.2, 0) is 14.8 Å². The molecule has 1 amide bonds. The van der Waals surface area contributed by atoms with E-state index in [4.69, 9.17) is 4.74 Å². The second kappa shape index (κ2) is 6.04. The van der Waals surface area contributed by atoms with Crippen molar-refractivity contribution in [3.8, 4) is 0 Å². The number of ether oxygens (including phenoxy) is 1. The first-order valence-electron chi connectivity index (χ1n) is 8.87. The number of sulfonamides is 1. The number of carbonyl (C=O) groups is 1. The van der Waals surface area contributed by atoms with Crippen LogP contribution in [0, 0.1) is 0 Å². The summed E-state index contributed by atoms with van der Waals surface area (Å²) >= 11 is 0. The molecular weight excluding hydrogens is 352 g/mol. The fourth-order valence-corrected chi connectivity index (χ4v) is 5.80. The van der Waals surface area contributed by atoms with Crippen molar-refractivity contribution in [3.05, 3.63) is 35.9 Å². The summed E-state index contributed by atoms with van der Waals surface area (Å²) in [5, 5.41) is 1.34. The van der Waals surface area contributed by atoms with Gasteiger partial charge in [0.1, 0.15) is 0 Å². The average molecular weight is 374 g/mol. The molecule has 1 saturated heterocycles. The van der Waals surface area contributed by atoms with E-state index in [0.717, 1.165) is 11.1 Å². The summed E-state index contributed by atoms with van der Waals surface area (Å²) in [5.74, 6) is -0.0729. The number of benzene rings is 2. The molecule has 7 heteroatoms. The SMILES string of the molecule is CCN1C(=O)c2cccc3c(S(=O)(=O)N4C[C@H](C)O[C@@H](C)C4)ccc1c23. The van der Waals surface area contributed by atoms with E-state index in [-0.39, 0.29) is 23.0 Å². The van der Waals surface area contributed by atoms with E-state index in [0.29, 0.717) is 30.6 Å². The Kier molecular flexibility index (Phi) is 4.06. The summed E-state index contributed by atoms with van der Waals surface area (Å²) in [4.78, 5) is 14.5. The normalized spacial score (nSPS) is 23.8. The molecule has 4 rings (SSSR count). The zero-order valence-electron chi connectivity index (χ0n) is 15.1. The monoisotopic (exact) mass is 374 g/mol. The summed E-state index contributed by atoms with van der Waals surface area (Å²) in [6.45, 7) is 6.88. The molecule has 0 bridgehead atoms. The summed E-state index contributed by atoms with van der Waals surface area (Å²) in [5.41, 5.74) is 1.35. The van der Waals surface area contributed by atoms with Crippen LogP contribution in [0.3, 0.4) is 0 Å². The first kappa shape index (κ1) is 17.5. The Morgan fingerprint density at radius 3 is 2.46 bits per heavy atom. The third-order valence-corrected chi connectivity index (χ3v) is 6.95. The third-order valence-electron chi connectivity index (χ3n) is 5.07. The van der Waals surface area contributed by atoms with Crippen molar-refractivity contribution in [3.63, 3.8) is 0 Å². The van der Waals surface area contributed by atoms with Crippen LogP contribution in [0.25, 0.3) is 10.8 Å². The molecule has 2 aliphatic heterocycles. The van der Waals surface area contributed by atoms with Gasteiger partial charge in [-0.05, 0) is 39.0 Å². The van der Waals surface area contributed by atoms with E-state index in [1.807, 2.05) is 20.8 Å². The van der Waals surface area contributed by atoms with Crippen LogP contribution in [0.1, 0.15) is 31.1 Å². The lowest BCUT2D eigenvalue weighted by Crippen LogP contribution is -2.48. The number of amides is 1. The first-order chi connectivity index (χ1) is 12.3. The lowest BCUT2D eigenvalue weighted by atomic mass is 10.1. The highest BCUT2D eigenvalue weighted by Crippen LogP contribution is 2.40. The number of hydrogen-bond acceptors (Lipinski definition) is 4. The minimum absolute atomic E-state index is 0.0729. The highest BCUT2D eigenvalue weighted by molar-refractivity contribution is 7.89. The molecule has 138 valence electrons. The number of rotatable bonds is 3. The molecule has 0 aliphatic carbocycles. The zero-order chi connectivity index (χ0) is 18.6.